The van der Waals surface area contributed by atoms with Gasteiger partial charge in [0.2, 0.25) is 5.91 Å². The predicted molar refractivity (Wildman–Crippen MR) is 103 cm³/mol. The van der Waals surface area contributed by atoms with Crippen LogP contribution >= 0.6 is 12.4 Å². The molecule has 0 aliphatic heterocycles. The molecule has 1 atom stereocenters. The van der Waals surface area contributed by atoms with E-state index in [0.29, 0.717) is 18.2 Å². The number of hydrogen-bond acceptors (Lipinski definition) is 3. The largest absolute Gasteiger partial charge is 0.320 e. The van der Waals surface area contributed by atoms with E-state index in [1.807, 2.05) is 36.4 Å². The molecule has 0 spiro atoms. The number of H-pyrrole nitrogens is 1. The number of nitrogens with two attached hydrogens (primary N) is 1. The van der Waals surface area contributed by atoms with Crippen LogP contribution in [0.5, 0.6) is 0 Å². The third-order valence-corrected chi connectivity index (χ3v) is 4.78. The van der Waals surface area contributed by atoms with Crippen LogP contribution in [0.3, 0.4) is 0 Å². The number of amides is 1. The second-order valence-corrected chi connectivity index (χ2v) is 6.68. The number of carbonyl (C=O) groups is 1. The second-order valence-electron chi connectivity index (χ2n) is 6.68. The maximum atomic E-state index is 12.3. The third kappa shape index (κ3) is 5.58. The zero-order valence-electron chi connectivity index (χ0n) is 14.4. The zero-order chi connectivity index (χ0) is 16.8. The van der Waals surface area contributed by atoms with E-state index in [0.717, 1.165) is 11.3 Å². The fourth-order valence-corrected chi connectivity index (χ4v) is 3.38. The summed E-state index contributed by atoms with van der Waals surface area (Å²) in [5.74, 6) is 0.907. The van der Waals surface area contributed by atoms with Crippen molar-refractivity contribution in [2.75, 3.05) is 5.32 Å². The zero-order valence-corrected chi connectivity index (χ0v) is 15.2. The Morgan fingerprint density at radius 2 is 1.88 bits per heavy atom. The van der Waals surface area contributed by atoms with E-state index in [2.05, 4.69) is 15.5 Å². The van der Waals surface area contributed by atoms with Gasteiger partial charge in [-0.3, -0.25) is 9.89 Å². The molecule has 0 bridgehead atoms. The number of hydrogen-bond donors (Lipinski definition) is 3. The van der Waals surface area contributed by atoms with Crippen LogP contribution in [0.1, 0.15) is 55.7 Å². The highest BCUT2D eigenvalue weighted by Gasteiger charge is 2.19. The van der Waals surface area contributed by atoms with E-state index in [1.165, 1.54) is 38.5 Å². The summed E-state index contributed by atoms with van der Waals surface area (Å²) in [7, 11) is 0. The summed E-state index contributed by atoms with van der Waals surface area (Å²) in [5, 5.41) is 10.2. The lowest BCUT2D eigenvalue weighted by Crippen LogP contribution is -2.37. The Hall–Kier alpha value is -1.85. The van der Waals surface area contributed by atoms with Gasteiger partial charge < -0.3 is 11.1 Å². The van der Waals surface area contributed by atoms with Crippen LogP contribution in [0.25, 0.3) is 0 Å². The normalized spacial score (nSPS) is 16.5. The van der Waals surface area contributed by atoms with Crippen molar-refractivity contribution >= 4 is 24.1 Å². The number of anilines is 1. The summed E-state index contributed by atoms with van der Waals surface area (Å²) in [5.41, 5.74) is 8.20. The summed E-state index contributed by atoms with van der Waals surface area (Å²) in [6.45, 7) is 0. The Morgan fingerprint density at radius 3 is 2.56 bits per heavy atom. The average molecular weight is 363 g/mol. The molecule has 4 N–H and O–H groups in total. The number of nitrogens with zero attached hydrogens (tertiary/aromatic N) is 1. The molecule has 1 aliphatic carbocycles. The molecule has 2 aromatic rings. The summed E-state index contributed by atoms with van der Waals surface area (Å²) in [4.78, 5) is 12.3. The van der Waals surface area contributed by atoms with E-state index >= 15 is 0 Å². The van der Waals surface area contributed by atoms with Crippen molar-refractivity contribution in [2.45, 2.75) is 56.9 Å². The molecule has 0 unspecified atom stereocenters. The third-order valence-electron chi connectivity index (χ3n) is 4.78. The smallest absolute Gasteiger partial charge is 0.242 e. The molecule has 1 aliphatic rings. The quantitative estimate of drug-likeness (QED) is 0.708. The molecule has 0 saturated heterocycles. The standard InChI is InChI=1S/C19H26N4O.ClH/c20-16(12-14-8-4-3-5-9-14)19(24)21-18-13-17(22-23-18)15-10-6-1-2-7-11-15;/h3-5,8-9,13,15-16H,1-2,6-7,10-12,20H2,(H2,21,22,23,24);1H/t16-;/m0./s1. The van der Waals surface area contributed by atoms with Gasteiger partial charge in [-0.1, -0.05) is 56.0 Å². The Labute approximate surface area is 155 Å². The number of carbonyl (C=O) groups excluding carboxylic acids is 1. The van der Waals surface area contributed by atoms with Crippen LogP contribution < -0.4 is 11.1 Å². The SMILES string of the molecule is Cl.N[C@@H](Cc1ccccc1)C(=O)Nc1cc(C2CCCCCC2)[nH]n1. The van der Waals surface area contributed by atoms with Crippen molar-refractivity contribution in [1.29, 1.82) is 0 Å². The van der Waals surface area contributed by atoms with E-state index in [-0.39, 0.29) is 18.3 Å². The highest BCUT2D eigenvalue weighted by molar-refractivity contribution is 5.94. The lowest BCUT2D eigenvalue weighted by molar-refractivity contribution is -0.117. The maximum absolute atomic E-state index is 12.3. The first kappa shape index (κ1) is 19.5. The number of halogens is 1. The van der Waals surface area contributed by atoms with Crippen molar-refractivity contribution in [1.82, 2.24) is 10.2 Å². The van der Waals surface area contributed by atoms with E-state index in [9.17, 15) is 4.79 Å². The monoisotopic (exact) mass is 362 g/mol. The van der Waals surface area contributed by atoms with Gasteiger partial charge >= 0.3 is 0 Å². The Morgan fingerprint density at radius 1 is 1.20 bits per heavy atom. The molecule has 1 amide bonds. The fraction of sp³-hybridized carbons (Fsp3) is 0.474. The average Bonchev–Trinajstić information content (AvgIpc) is 2.88. The van der Waals surface area contributed by atoms with Crippen molar-refractivity contribution in [3.63, 3.8) is 0 Å². The molecule has 1 aromatic heterocycles. The molecular weight excluding hydrogens is 336 g/mol. The van der Waals surface area contributed by atoms with Crippen LogP contribution in [-0.4, -0.2) is 22.1 Å². The summed E-state index contributed by atoms with van der Waals surface area (Å²) >= 11 is 0. The maximum Gasteiger partial charge on any atom is 0.242 e. The molecule has 1 heterocycles. The van der Waals surface area contributed by atoms with Gasteiger partial charge in [0.25, 0.3) is 0 Å². The molecule has 1 aromatic carbocycles. The molecular formula is C19H27ClN4O. The van der Waals surface area contributed by atoms with E-state index in [4.69, 9.17) is 5.73 Å². The van der Waals surface area contributed by atoms with Gasteiger partial charge in [0.15, 0.2) is 5.82 Å². The van der Waals surface area contributed by atoms with E-state index in [1.54, 1.807) is 0 Å². The first-order valence-electron chi connectivity index (χ1n) is 8.88. The fourth-order valence-electron chi connectivity index (χ4n) is 3.38. The Bertz CT molecular complexity index is 650. The van der Waals surface area contributed by atoms with Gasteiger partial charge in [0, 0.05) is 17.7 Å². The van der Waals surface area contributed by atoms with Gasteiger partial charge in [-0.2, -0.15) is 5.10 Å². The predicted octanol–water partition coefficient (Wildman–Crippen LogP) is 3.78. The van der Waals surface area contributed by atoms with Gasteiger partial charge in [-0.05, 0) is 24.8 Å². The van der Waals surface area contributed by atoms with Crippen LogP contribution in [0.4, 0.5) is 5.82 Å². The van der Waals surface area contributed by atoms with Crippen molar-refractivity contribution in [3.8, 4) is 0 Å². The van der Waals surface area contributed by atoms with Crippen LogP contribution in [0.15, 0.2) is 36.4 Å². The molecule has 136 valence electrons. The number of nitrogens with one attached hydrogen (secondary N) is 2. The molecule has 1 saturated carbocycles. The van der Waals surface area contributed by atoms with Gasteiger partial charge in [0.1, 0.15) is 0 Å². The summed E-state index contributed by atoms with van der Waals surface area (Å²) in [6.07, 6.45) is 8.10. The molecule has 5 nitrogen and oxygen atoms in total. The highest BCUT2D eigenvalue weighted by atomic mass is 35.5. The molecule has 3 rings (SSSR count). The van der Waals surface area contributed by atoms with Crippen LogP contribution in [0.2, 0.25) is 0 Å². The number of aromatic amines is 1. The number of rotatable bonds is 5. The van der Waals surface area contributed by atoms with Crippen LogP contribution in [-0.2, 0) is 11.2 Å². The van der Waals surface area contributed by atoms with Gasteiger partial charge in [-0.15, -0.1) is 12.4 Å². The van der Waals surface area contributed by atoms with Gasteiger partial charge in [0.05, 0.1) is 6.04 Å². The Balaban J connectivity index is 0.00000225. The van der Waals surface area contributed by atoms with Crippen molar-refractivity contribution in [3.05, 3.63) is 47.7 Å². The minimum Gasteiger partial charge on any atom is -0.320 e. The second kappa shape index (κ2) is 9.59. The summed E-state index contributed by atoms with van der Waals surface area (Å²) in [6, 6.07) is 11.2. The van der Waals surface area contributed by atoms with E-state index < -0.39 is 6.04 Å². The topological polar surface area (TPSA) is 83.8 Å². The first-order chi connectivity index (χ1) is 11.7. The lowest BCUT2D eigenvalue weighted by atomic mass is 9.97. The minimum absolute atomic E-state index is 0. The van der Waals surface area contributed by atoms with Crippen LogP contribution in [0, 0.1) is 0 Å². The first-order valence-corrected chi connectivity index (χ1v) is 8.88. The molecule has 1 fully saturated rings. The number of benzene rings is 1. The van der Waals surface area contributed by atoms with Crippen molar-refractivity contribution in [2.24, 2.45) is 5.73 Å². The number of aromatic nitrogens is 2. The molecule has 0 radical (unpaired) electrons. The molecule has 25 heavy (non-hydrogen) atoms. The molecule has 6 heteroatoms. The van der Waals surface area contributed by atoms with Crippen molar-refractivity contribution < 1.29 is 4.79 Å². The highest BCUT2D eigenvalue weighted by Crippen LogP contribution is 2.31. The van der Waals surface area contributed by atoms with Gasteiger partial charge in [-0.25, -0.2) is 0 Å². The Kier molecular flexibility index (Phi) is 7.47. The summed E-state index contributed by atoms with van der Waals surface area (Å²) < 4.78 is 0. The minimum atomic E-state index is -0.578. The lowest BCUT2D eigenvalue weighted by Gasteiger charge is -2.11.